The fraction of sp³-hybridized carbons (Fsp3) is 0.179. The van der Waals surface area contributed by atoms with Crippen molar-refractivity contribution in [1.82, 2.24) is 5.32 Å². The van der Waals surface area contributed by atoms with Crippen molar-refractivity contribution in [3.8, 4) is 0 Å². The van der Waals surface area contributed by atoms with Crippen LogP contribution in [-0.4, -0.2) is 44.8 Å². The van der Waals surface area contributed by atoms with Crippen molar-refractivity contribution >= 4 is 59.5 Å². The van der Waals surface area contributed by atoms with Crippen molar-refractivity contribution in [2.24, 2.45) is 0 Å². The van der Waals surface area contributed by atoms with Gasteiger partial charge in [0.25, 0.3) is 0 Å². The fourth-order valence-corrected chi connectivity index (χ4v) is 10.1. The number of carbonyl (C=O) groups is 1. The zero-order valence-corrected chi connectivity index (χ0v) is 31.9. The van der Waals surface area contributed by atoms with Gasteiger partial charge in [-0.3, -0.25) is 6.79 Å². The maximum atomic E-state index is 13.3. The van der Waals surface area contributed by atoms with Crippen LogP contribution in [0.4, 0.5) is 8.78 Å². The van der Waals surface area contributed by atoms with E-state index in [0.717, 1.165) is 13.1 Å². The minimum atomic E-state index is -3.56. The van der Waals surface area contributed by atoms with Crippen LogP contribution in [0.3, 0.4) is 0 Å². The van der Waals surface area contributed by atoms with Crippen LogP contribution in [0, 0.1) is 0 Å². The summed E-state index contributed by atoms with van der Waals surface area (Å²) in [6.07, 6.45) is 2.41. The molecular weight excluding hydrogens is 767 g/mol. The fourth-order valence-electron chi connectivity index (χ4n) is 5.01. The first kappa shape index (κ1) is 42.0. The van der Waals surface area contributed by atoms with E-state index < -0.39 is 27.7 Å². The second-order valence-corrected chi connectivity index (χ2v) is 15.6. The number of halogens is 3. The van der Waals surface area contributed by atoms with Crippen LogP contribution in [0.2, 0.25) is 0 Å². The van der Waals surface area contributed by atoms with E-state index in [9.17, 15) is 13.6 Å². The number of esters is 1. The first-order valence-electron chi connectivity index (χ1n) is 15.6. The summed E-state index contributed by atoms with van der Waals surface area (Å²) in [6, 6.07) is 51.1. The van der Waals surface area contributed by atoms with Crippen molar-refractivity contribution in [3.05, 3.63) is 157 Å². The molecule has 0 heterocycles. The van der Waals surface area contributed by atoms with Gasteiger partial charge in [0.2, 0.25) is 0 Å². The summed E-state index contributed by atoms with van der Waals surface area (Å²) in [5.41, 5.74) is -0.349. The SMILES string of the molecule is CCOC(=O)C(F)(F)c1ccccc1.[CH-]=O.[Cl][RuH+2].c1ccc([PH+](CCNCC[PH+](c2ccccc2)c2ccccc2)c2ccccc2)cc1. The molecule has 0 unspecified atom stereocenters. The zero-order valence-electron chi connectivity index (χ0n) is 27.3. The van der Waals surface area contributed by atoms with Crippen LogP contribution < -0.4 is 26.5 Å². The van der Waals surface area contributed by atoms with E-state index in [2.05, 4.69) is 148 Å². The van der Waals surface area contributed by atoms with Crippen molar-refractivity contribution in [3.63, 3.8) is 0 Å². The molecule has 0 saturated carbocycles. The number of nitrogens with one attached hydrogen (secondary N) is 1. The molecule has 1 N–H and O–H groups in total. The Balaban J connectivity index is 0.000000389. The molecule has 0 radical (unpaired) electrons. The van der Waals surface area contributed by atoms with Gasteiger partial charge in [-0.05, 0) is 55.5 Å². The molecule has 49 heavy (non-hydrogen) atoms. The van der Waals surface area contributed by atoms with E-state index in [0.29, 0.717) is 0 Å². The second kappa shape index (κ2) is 24.9. The number of alkyl halides is 2. The van der Waals surface area contributed by atoms with E-state index in [4.69, 9.17) is 4.79 Å². The van der Waals surface area contributed by atoms with E-state index in [1.54, 1.807) is 23.4 Å². The summed E-state index contributed by atoms with van der Waals surface area (Å²) in [5, 5.41) is 9.77. The smallest absolute Gasteiger partial charge is 0.0967 e. The number of benzene rings is 5. The third-order valence-corrected chi connectivity index (χ3v) is 12.9. The van der Waals surface area contributed by atoms with Gasteiger partial charge in [0.15, 0.2) is 0 Å². The molecule has 0 amide bonds. The molecule has 0 bridgehead atoms. The van der Waals surface area contributed by atoms with Crippen LogP contribution in [0.1, 0.15) is 12.5 Å². The van der Waals surface area contributed by atoms with Gasteiger partial charge in [-0.2, -0.15) is 8.78 Å². The third kappa shape index (κ3) is 14.3. The average molecular weight is 810 g/mol. The van der Waals surface area contributed by atoms with Crippen LogP contribution in [0.5, 0.6) is 0 Å². The molecule has 0 atom stereocenters. The number of carbonyl (C=O) groups excluding carboxylic acids is 2. The Hall–Kier alpha value is -3.17. The molecule has 258 valence electrons. The van der Waals surface area contributed by atoms with E-state index >= 15 is 0 Å². The Kier molecular flexibility index (Phi) is 21.3. The molecule has 0 aliphatic rings. The minimum absolute atomic E-state index is 0.0543. The van der Waals surface area contributed by atoms with Crippen molar-refractivity contribution in [2.45, 2.75) is 12.8 Å². The predicted octanol–water partition coefficient (Wildman–Crippen LogP) is 6.79. The van der Waals surface area contributed by atoms with Gasteiger partial charge < -0.3 is 14.8 Å². The van der Waals surface area contributed by atoms with Crippen LogP contribution >= 0.6 is 25.5 Å². The molecule has 4 nitrogen and oxygen atoms in total. The Morgan fingerprint density at radius 1 is 0.633 bits per heavy atom. The average Bonchev–Trinajstić information content (AvgIpc) is 3.18. The summed E-state index contributed by atoms with van der Waals surface area (Å²) in [4.78, 5) is 18.6. The van der Waals surface area contributed by atoms with Gasteiger partial charge in [-0.15, -0.1) is 0 Å². The summed E-state index contributed by atoms with van der Waals surface area (Å²) in [6.45, 7) is 6.81. The molecule has 0 spiro atoms. The van der Waals surface area contributed by atoms with Gasteiger partial charge in [0.1, 0.15) is 0 Å². The summed E-state index contributed by atoms with van der Waals surface area (Å²) < 4.78 is 30.8. The maximum absolute atomic E-state index is 13.3. The standard InChI is InChI=1S/C28H29NP2.C10H10F2O2.CHO.ClH.Ru.H/c1-5-13-25(14-6-1)30(26-15-7-2-8-16-26)23-21-29-22-24-31(27-17-9-3-10-18-27)28-19-11-4-12-20-28;1-2-14-9(13)10(11,12)8-6-4-3-5-7-8;1-2;;;/h1-20,29H,21-24H2;3-7H,2H2,1H3;1H;1H;;/q;;-1;;+3;/p+1. The molecule has 0 aliphatic carbocycles. The normalized spacial score (nSPS) is 10.4. The molecular formula is C39H43ClF2NO3P2Ru+3. The maximum Gasteiger partial charge on any atom is 0.0967 e. The third-order valence-electron chi connectivity index (χ3n) is 7.26. The van der Waals surface area contributed by atoms with Gasteiger partial charge in [-0.1, -0.05) is 103 Å². The van der Waals surface area contributed by atoms with Crippen LogP contribution in [0.15, 0.2) is 152 Å². The molecule has 0 aromatic heterocycles. The topological polar surface area (TPSA) is 55.4 Å². The summed E-state index contributed by atoms with van der Waals surface area (Å²) >= 11 is 1.62. The van der Waals surface area contributed by atoms with E-state index in [1.807, 2.05) is 0 Å². The quantitative estimate of drug-likeness (QED) is 0.0356. The van der Waals surface area contributed by atoms with E-state index in [1.165, 1.54) is 64.7 Å². The predicted molar refractivity (Wildman–Crippen MR) is 205 cm³/mol. The number of rotatable bonds is 13. The van der Waals surface area contributed by atoms with Gasteiger partial charge in [0.05, 0.1) is 56.0 Å². The molecule has 0 fully saturated rings. The molecule has 5 aromatic carbocycles. The first-order valence-corrected chi connectivity index (χ1v) is 21.4. The van der Waals surface area contributed by atoms with Crippen molar-refractivity contribution in [1.29, 1.82) is 0 Å². The second-order valence-electron chi connectivity index (χ2n) is 10.3. The van der Waals surface area contributed by atoms with Crippen LogP contribution in [-0.2, 0) is 37.6 Å². The Morgan fingerprint density at radius 3 is 1.20 bits per heavy atom. The number of hydrogen-bond acceptors (Lipinski definition) is 4. The molecule has 5 aromatic rings. The van der Waals surface area contributed by atoms with Crippen molar-refractivity contribution in [2.75, 3.05) is 32.0 Å². The van der Waals surface area contributed by atoms with Gasteiger partial charge in [0, 0.05) is 18.7 Å². The molecule has 0 saturated heterocycles. The number of hydrogen-bond donors (Lipinski definition) is 1. The Morgan fingerprint density at radius 2 is 0.918 bits per heavy atom. The minimum Gasteiger partial charge on any atom is -0.310 e. The summed E-state index contributed by atoms with van der Waals surface area (Å²) in [7, 11) is 3.09. The Bertz CT molecular complexity index is 1400. The first-order chi connectivity index (χ1) is 24.0. The molecule has 10 heteroatoms. The van der Waals surface area contributed by atoms with Crippen molar-refractivity contribution < 1.29 is 40.4 Å². The van der Waals surface area contributed by atoms with Gasteiger partial charge >= 0.3 is 38.9 Å². The summed E-state index contributed by atoms with van der Waals surface area (Å²) in [5.74, 6) is -5.07. The largest absolute Gasteiger partial charge is 0.310 e. The van der Waals surface area contributed by atoms with E-state index in [-0.39, 0.29) is 12.2 Å². The monoisotopic (exact) mass is 810 g/mol. The van der Waals surface area contributed by atoms with Crippen LogP contribution in [0.25, 0.3) is 0 Å². The Labute approximate surface area is 305 Å². The molecule has 0 aliphatic heterocycles. The van der Waals surface area contributed by atoms with Gasteiger partial charge in [-0.25, -0.2) is 4.79 Å². The molecule has 5 rings (SSSR count). The number of ether oxygens (including phenoxy) is 1. The zero-order chi connectivity index (χ0) is 35.7.